The van der Waals surface area contributed by atoms with Gasteiger partial charge in [-0.1, -0.05) is 26.8 Å². The zero-order valence-electron chi connectivity index (χ0n) is 7.22. The summed E-state index contributed by atoms with van der Waals surface area (Å²) in [7, 11) is 0. The largest absolute Gasteiger partial charge is 0.389 e. The maximum absolute atomic E-state index is 9.83. The predicted molar refractivity (Wildman–Crippen MR) is 44.9 cm³/mol. The van der Waals surface area contributed by atoms with E-state index in [1.807, 2.05) is 20.8 Å². The molecule has 0 radical (unpaired) electrons. The molecule has 1 nitrogen and oxygen atoms in total. The molecule has 0 aliphatic rings. The van der Waals surface area contributed by atoms with E-state index in [4.69, 9.17) is 0 Å². The van der Waals surface area contributed by atoms with Gasteiger partial charge < -0.3 is 5.11 Å². The molecule has 0 fully saturated rings. The van der Waals surface area contributed by atoms with Gasteiger partial charge in [0.1, 0.15) is 0 Å². The maximum atomic E-state index is 9.83. The van der Waals surface area contributed by atoms with E-state index < -0.39 is 5.60 Å². The van der Waals surface area contributed by atoms with Crippen molar-refractivity contribution in [3.05, 3.63) is 12.7 Å². The monoisotopic (exact) mass is 142 g/mol. The van der Waals surface area contributed by atoms with E-state index in [1.165, 1.54) is 0 Å². The van der Waals surface area contributed by atoms with E-state index >= 15 is 0 Å². The van der Waals surface area contributed by atoms with Crippen molar-refractivity contribution < 1.29 is 5.11 Å². The summed E-state index contributed by atoms with van der Waals surface area (Å²) < 4.78 is 0. The van der Waals surface area contributed by atoms with E-state index in [0.29, 0.717) is 12.3 Å². The van der Waals surface area contributed by atoms with Crippen LogP contribution in [0.2, 0.25) is 0 Å². The molecule has 0 aromatic heterocycles. The van der Waals surface area contributed by atoms with E-state index in [0.717, 1.165) is 6.42 Å². The van der Waals surface area contributed by atoms with Gasteiger partial charge in [-0.05, 0) is 18.8 Å². The van der Waals surface area contributed by atoms with E-state index in [9.17, 15) is 5.11 Å². The second-order valence-electron chi connectivity index (χ2n) is 3.10. The molecule has 1 N–H and O–H groups in total. The Morgan fingerprint density at radius 3 is 2.20 bits per heavy atom. The van der Waals surface area contributed by atoms with Crippen molar-refractivity contribution in [1.82, 2.24) is 0 Å². The van der Waals surface area contributed by atoms with Gasteiger partial charge in [-0.15, -0.1) is 6.58 Å². The van der Waals surface area contributed by atoms with Gasteiger partial charge in [-0.25, -0.2) is 0 Å². The van der Waals surface area contributed by atoms with Crippen molar-refractivity contribution in [2.75, 3.05) is 0 Å². The maximum Gasteiger partial charge on any atom is 0.0702 e. The van der Waals surface area contributed by atoms with Crippen LogP contribution in [0.5, 0.6) is 0 Å². The van der Waals surface area contributed by atoms with Crippen LogP contribution in [0.25, 0.3) is 0 Å². The fourth-order valence-corrected chi connectivity index (χ4v) is 1.04. The summed E-state index contributed by atoms with van der Waals surface area (Å²) in [5, 5.41) is 9.83. The second-order valence-corrected chi connectivity index (χ2v) is 3.10. The van der Waals surface area contributed by atoms with Crippen LogP contribution in [0.1, 0.15) is 33.6 Å². The first kappa shape index (κ1) is 9.70. The van der Waals surface area contributed by atoms with Crippen molar-refractivity contribution in [3.63, 3.8) is 0 Å². The summed E-state index contributed by atoms with van der Waals surface area (Å²) in [6.07, 6.45) is 3.28. The number of hydrogen-bond acceptors (Lipinski definition) is 1. The van der Waals surface area contributed by atoms with Gasteiger partial charge in [0.15, 0.2) is 0 Å². The van der Waals surface area contributed by atoms with Gasteiger partial charge in [0.2, 0.25) is 0 Å². The third kappa shape index (κ3) is 2.14. The van der Waals surface area contributed by atoms with Crippen LogP contribution in [-0.4, -0.2) is 10.7 Å². The number of aliphatic hydroxyl groups is 1. The Morgan fingerprint density at radius 1 is 1.60 bits per heavy atom. The molecular weight excluding hydrogens is 124 g/mol. The van der Waals surface area contributed by atoms with Gasteiger partial charge in [-0.2, -0.15) is 0 Å². The van der Waals surface area contributed by atoms with Crippen LogP contribution in [0.15, 0.2) is 12.7 Å². The van der Waals surface area contributed by atoms with Gasteiger partial charge in [0.25, 0.3) is 0 Å². The predicted octanol–water partition coefficient (Wildman–Crippen LogP) is 2.36. The Bertz CT molecular complexity index is 107. The molecule has 0 aliphatic heterocycles. The Labute approximate surface area is 63.8 Å². The Balaban J connectivity index is 4.07. The molecular formula is C9H18O. The van der Waals surface area contributed by atoms with Crippen molar-refractivity contribution in [2.24, 2.45) is 5.92 Å². The minimum Gasteiger partial charge on any atom is -0.389 e. The number of rotatable bonds is 4. The summed E-state index contributed by atoms with van der Waals surface area (Å²) in [5.74, 6) is 0.315. The van der Waals surface area contributed by atoms with E-state index in [2.05, 4.69) is 6.58 Å². The molecule has 10 heavy (non-hydrogen) atoms. The molecule has 1 heteroatoms. The average Bonchev–Trinajstić information content (AvgIpc) is 1.88. The lowest BCUT2D eigenvalue weighted by Gasteiger charge is -2.29. The molecule has 0 saturated carbocycles. The SMILES string of the molecule is C=CC[C@@](O)(CC)C(C)C. The molecule has 0 spiro atoms. The van der Waals surface area contributed by atoms with Gasteiger partial charge in [-0.3, -0.25) is 0 Å². The molecule has 0 bridgehead atoms. The van der Waals surface area contributed by atoms with Gasteiger partial charge in [0, 0.05) is 0 Å². The summed E-state index contributed by atoms with van der Waals surface area (Å²) in [6.45, 7) is 9.69. The van der Waals surface area contributed by atoms with Crippen LogP contribution in [0.4, 0.5) is 0 Å². The molecule has 0 rings (SSSR count). The molecule has 0 unspecified atom stereocenters. The fraction of sp³-hybridized carbons (Fsp3) is 0.778. The molecule has 0 saturated heterocycles. The van der Waals surface area contributed by atoms with Crippen molar-refractivity contribution in [3.8, 4) is 0 Å². The normalized spacial score (nSPS) is 16.9. The first-order valence-electron chi connectivity index (χ1n) is 3.90. The van der Waals surface area contributed by atoms with Crippen LogP contribution in [0, 0.1) is 5.92 Å². The zero-order valence-corrected chi connectivity index (χ0v) is 7.22. The van der Waals surface area contributed by atoms with Gasteiger partial charge in [0.05, 0.1) is 5.60 Å². The third-order valence-electron chi connectivity index (χ3n) is 2.18. The highest BCUT2D eigenvalue weighted by Gasteiger charge is 2.26. The Morgan fingerprint density at radius 2 is 2.10 bits per heavy atom. The Kier molecular flexibility index (Phi) is 3.66. The highest BCUT2D eigenvalue weighted by Crippen LogP contribution is 2.24. The zero-order chi connectivity index (χ0) is 8.20. The van der Waals surface area contributed by atoms with Crippen molar-refractivity contribution >= 4 is 0 Å². The molecule has 0 amide bonds. The molecule has 0 aliphatic carbocycles. The van der Waals surface area contributed by atoms with Crippen LogP contribution in [0.3, 0.4) is 0 Å². The highest BCUT2D eigenvalue weighted by molar-refractivity contribution is 4.87. The lowest BCUT2D eigenvalue weighted by Crippen LogP contribution is -2.33. The molecule has 0 aromatic rings. The quantitative estimate of drug-likeness (QED) is 0.597. The van der Waals surface area contributed by atoms with E-state index in [1.54, 1.807) is 6.08 Å². The lowest BCUT2D eigenvalue weighted by atomic mass is 9.85. The number of hydrogen-bond donors (Lipinski definition) is 1. The minimum absolute atomic E-state index is 0.315. The summed E-state index contributed by atoms with van der Waals surface area (Å²) in [5.41, 5.74) is -0.526. The minimum atomic E-state index is -0.526. The van der Waals surface area contributed by atoms with Crippen molar-refractivity contribution in [1.29, 1.82) is 0 Å². The van der Waals surface area contributed by atoms with Crippen LogP contribution >= 0.6 is 0 Å². The van der Waals surface area contributed by atoms with Crippen molar-refractivity contribution in [2.45, 2.75) is 39.2 Å². The molecule has 1 atom stereocenters. The smallest absolute Gasteiger partial charge is 0.0702 e. The third-order valence-corrected chi connectivity index (χ3v) is 2.18. The van der Waals surface area contributed by atoms with Crippen LogP contribution < -0.4 is 0 Å². The average molecular weight is 142 g/mol. The highest BCUT2D eigenvalue weighted by atomic mass is 16.3. The summed E-state index contributed by atoms with van der Waals surface area (Å²) >= 11 is 0. The standard InChI is InChI=1S/C9H18O/c1-5-7-9(10,6-2)8(3)4/h5,8,10H,1,6-7H2,2-4H3/t9-/m0/s1. The lowest BCUT2D eigenvalue weighted by molar-refractivity contribution is -0.00572. The van der Waals surface area contributed by atoms with E-state index in [-0.39, 0.29) is 0 Å². The fourth-order valence-electron chi connectivity index (χ4n) is 1.04. The van der Waals surface area contributed by atoms with Crippen LogP contribution in [-0.2, 0) is 0 Å². The topological polar surface area (TPSA) is 20.2 Å². The Hall–Kier alpha value is -0.300. The molecule has 0 heterocycles. The first-order chi connectivity index (χ1) is 4.56. The molecule has 60 valence electrons. The van der Waals surface area contributed by atoms with Gasteiger partial charge >= 0.3 is 0 Å². The molecule has 0 aromatic carbocycles. The summed E-state index contributed by atoms with van der Waals surface area (Å²) in [6, 6.07) is 0. The summed E-state index contributed by atoms with van der Waals surface area (Å²) in [4.78, 5) is 0. The first-order valence-corrected chi connectivity index (χ1v) is 3.90. The second kappa shape index (κ2) is 3.77.